The van der Waals surface area contributed by atoms with E-state index in [2.05, 4.69) is 32.5 Å². The van der Waals surface area contributed by atoms with Crippen LogP contribution in [0, 0.1) is 5.92 Å². The van der Waals surface area contributed by atoms with Gasteiger partial charge in [0.1, 0.15) is 5.75 Å². The summed E-state index contributed by atoms with van der Waals surface area (Å²) in [6.45, 7) is 1.50. The van der Waals surface area contributed by atoms with Crippen molar-refractivity contribution >= 4 is 29.9 Å². The normalized spacial score (nSPS) is 18.7. The molecule has 2 aromatic rings. The summed E-state index contributed by atoms with van der Waals surface area (Å²) in [5.74, 6) is 1.12. The maximum atomic E-state index is 12.6. The number of guanidine groups is 1. The summed E-state index contributed by atoms with van der Waals surface area (Å²) in [5.41, 5.74) is 1.79. The molecule has 2 N–H and O–H groups in total. The van der Waals surface area contributed by atoms with Gasteiger partial charge in [0.05, 0.1) is 12.6 Å². The molecular weight excluding hydrogens is 503 g/mol. The van der Waals surface area contributed by atoms with Crippen LogP contribution in [-0.4, -0.2) is 32.3 Å². The molecule has 0 amide bonds. The molecule has 3 rings (SSSR count). The molecule has 30 heavy (non-hydrogen) atoms. The third-order valence-electron chi connectivity index (χ3n) is 4.81. The zero-order chi connectivity index (χ0) is 20.5. The molecule has 164 valence electrons. The topological polar surface area (TPSA) is 54.9 Å². The highest BCUT2D eigenvalue weighted by molar-refractivity contribution is 14.0. The predicted octanol–water partition coefficient (Wildman–Crippen LogP) is 4.74. The Morgan fingerprint density at radius 1 is 1.13 bits per heavy atom. The van der Waals surface area contributed by atoms with E-state index in [4.69, 9.17) is 4.74 Å². The molecule has 8 heteroatoms. The molecule has 0 aliphatic carbocycles. The Morgan fingerprint density at radius 3 is 2.60 bits per heavy atom. The summed E-state index contributed by atoms with van der Waals surface area (Å²) in [5, 5.41) is 6.56. The average Bonchev–Trinajstić information content (AvgIpc) is 3.20. The molecule has 1 heterocycles. The molecule has 0 spiro atoms. The Bertz CT molecular complexity index is 793. The van der Waals surface area contributed by atoms with Gasteiger partial charge in [-0.1, -0.05) is 48.5 Å². The monoisotopic (exact) mass is 531 g/mol. The van der Waals surface area contributed by atoms with E-state index in [9.17, 15) is 8.78 Å². The van der Waals surface area contributed by atoms with E-state index in [0.717, 1.165) is 13.0 Å². The largest absolute Gasteiger partial charge is 0.434 e. The van der Waals surface area contributed by atoms with Gasteiger partial charge in [0.2, 0.25) is 0 Å². The Morgan fingerprint density at radius 2 is 1.87 bits per heavy atom. The van der Waals surface area contributed by atoms with Gasteiger partial charge in [-0.25, -0.2) is 4.99 Å². The molecule has 2 aromatic carbocycles. The van der Waals surface area contributed by atoms with E-state index in [1.54, 1.807) is 18.2 Å². The van der Waals surface area contributed by atoms with Gasteiger partial charge in [0.15, 0.2) is 5.96 Å². The number of rotatable bonds is 8. The molecule has 1 aliphatic heterocycles. The first-order chi connectivity index (χ1) is 14.2. The number of benzene rings is 2. The minimum atomic E-state index is -2.86. The smallest absolute Gasteiger partial charge is 0.387 e. The van der Waals surface area contributed by atoms with Crippen molar-refractivity contribution in [2.75, 3.05) is 19.7 Å². The van der Waals surface area contributed by atoms with Gasteiger partial charge in [-0.3, -0.25) is 0 Å². The second-order valence-electron chi connectivity index (χ2n) is 6.81. The van der Waals surface area contributed by atoms with Crippen molar-refractivity contribution in [1.82, 2.24) is 10.6 Å². The van der Waals surface area contributed by atoms with Crippen LogP contribution in [0.4, 0.5) is 8.78 Å². The lowest BCUT2D eigenvalue weighted by molar-refractivity contribution is -0.0504. The molecule has 1 aliphatic rings. The number of halogens is 3. The van der Waals surface area contributed by atoms with Crippen LogP contribution in [0.15, 0.2) is 59.6 Å². The Kier molecular flexibility index (Phi) is 10.3. The lowest BCUT2D eigenvalue weighted by Gasteiger charge is -2.21. The second-order valence-corrected chi connectivity index (χ2v) is 6.81. The summed E-state index contributed by atoms with van der Waals surface area (Å²) in [6.07, 6.45) is 1.03. The molecule has 5 nitrogen and oxygen atoms in total. The van der Waals surface area contributed by atoms with Crippen LogP contribution in [0.3, 0.4) is 0 Å². The van der Waals surface area contributed by atoms with Gasteiger partial charge in [0, 0.05) is 31.2 Å². The molecule has 0 aromatic heterocycles. The van der Waals surface area contributed by atoms with Crippen molar-refractivity contribution in [1.29, 1.82) is 0 Å². The maximum Gasteiger partial charge on any atom is 0.387 e. The first-order valence-corrected chi connectivity index (χ1v) is 9.88. The lowest BCUT2D eigenvalue weighted by Crippen LogP contribution is -2.40. The van der Waals surface area contributed by atoms with Crippen LogP contribution in [0.25, 0.3) is 0 Å². The fourth-order valence-corrected chi connectivity index (χ4v) is 3.43. The second kappa shape index (κ2) is 12.7. The predicted molar refractivity (Wildman–Crippen MR) is 125 cm³/mol. The number of ether oxygens (including phenoxy) is 2. The minimum Gasteiger partial charge on any atom is -0.434 e. The van der Waals surface area contributed by atoms with E-state index in [1.807, 2.05) is 25.1 Å². The molecule has 0 bridgehead atoms. The van der Waals surface area contributed by atoms with Crippen molar-refractivity contribution in [2.24, 2.45) is 10.9 Å². The Balaban J connectivity index is 0.00000320. The third kappa shape index (κ3) is 7.09. The highest BCUT2D eigenvalue weighted by atomic mass is 127. The highest BCUT2D eigenvalue weighted by Crippen LogP contribution is 2.33. The number of nitrogens with zero attached hydrogens (tertiary/aromatic N) is 1. The number of nitrogens with one attached hydrogen (secondary N) is 2. The van der Waals surface area contributed by atoms with Crippen LogP contribution in [0.5, 0.6) is 5.75 Å². The first kappa shape index (κ1) is 24.3. The minimum absolute atomic E-state index is 0. The van der Waals surface area contributed by atoms with E-state index in [-0.39, 0.29) is 42.4 Å². The number of para-hydroxylation sites is 1. The van der Waals surface area contributed by atoms with Crippen LogP contribution >= 0.6 is 24.0 Å². The lowest BCUT2D eigenvalue weighted by atomic mass is 9.95. The van der Waals surface area contributed by atoms with Crippen LogP contribution in [0.2, 0.25) is 0 Å². The van der Waals surface area contributed by atoms with Crippen LogP contribution < -0.4 is 15.4 Å². The summed E-state index contributed by atoms with van der Waals surface area (Å²) in [4.78, 5) is 4.54. The van der Waals surface area contributed by atoms with Crippen LogP contribution in [-0.2, 0) is 11.3 Å². The molecule has 1 fully saturated rings. The van der Waals surface area contributed by atoms with Crippen molar-refractivity contribution < 1.29 is 18.3 Å². The SMILES string of the molecule is CCNC(=NCc1ccccc1OC(F)F)NCC1CCOC1c1ccccc1.I. The maximum absolute atomic E-state index is 12.6. The summed E-state index contributed by atoms with van der Waals surface area (Å²) >= 11 is 0. The van der Waals surface area contributed by atoms with Gasteiger partial charge in [-0.05, 0) is 25.0 Å². The fraction of sp³-hybridized carbons (Fsp3) is 0.409. The van der Waals surface area contributed by atoms with Crippen molar-refractivity contribution in [2.45, 2.75) is 32.6 Å². The number of hydrogen-bond donors (Lipinski definition) is 2. The van der Waals surface area contributed by atoms with Gasteiger partial charge >= 0.3 is 6.61 Å². The molecule has 1 saturated heterocycles. The number of aliphatic imine (C=N–C) groups is 1. The standard InChI is InChI=1S/C22H27F2N3O2.HI/c1-2-25-22(26-14-17-10-6-7-11-19(17)29-21(23)24)27-15-18-12-13-28-20(18)16-8-4-3-5-9-16;/h3-11,18,20-21H,2,12-15H2,1H3,(H2,25,26,27);1H. The molecular formula is C22H28F2IN3O2. The quantitative estimate of drug-likeness (QED) is 0.294. The van der Waals surface area contributed by atoms with Crippen LogP contribution in [0.1, 0.15) is 30.6 Å². The number of alkyl halides is 2. The number of hydrogen-bond acceptors (Lipinski definition) is 3. The van der Waals surface area contributed by atoms with Gasteiger partial charge in [0.25, 0.3) is 0 Å². The molecule has 2 unspecified atom stereocenters. The van der Waals surface area contributed by atoms with E-state index < -0.39 is 6.61 Å². The van der Waals surface area contributed by atoms with E-state index in [1.165, 1.54) is 11.6 Å². The average molecular weight is 531 g/mol. The molecule has 0 radical (unpaired) electrons. The van der Waals surface area contributed by atoms with Gasteiger partial charge < -0.3 is 20.1 Å². The summed E-state index contributed by atoms with van der Waals surface area (Å²) < 4.78 is 35.7. The highest BCUT2D eigenvalue weighted by Gasteiger charge is 2.29. The zero-order valence-corrected chi connectivity index (χ0v) is 19.2. The molecule has 2 atom stereocenters. The van der Waals surface area contributed by atoms with Gasteiger partial charge in [-0.2, -0.15) is 8.78 Å². The summed E-state index contributed by atoms with van der Waals surface area (Å²) in [6, 6.07) is 16.9. The summed E-state index contributed by atoms with van der Waals surface area (Å²) in [7, 11) is 0. The zero-order valence-electron chi connectivity index (χ0n) is 16.9. The van der Waals surface area contributed by atoms with E-state index in [0.29, 0.717) is 30.5 Å². The van der Waals surface area contributed by atoms with E-state index >= 15 is 0 Å². The van der Waals surface area contributed by atoms with Crippen molar-refractivity contribution in [3.8, 4) is 5.75 Å². The Labute approximate surface area is 193 Å². The molecule has 0 saturated carbocycles. The Hall–Kier alpha value is -1.94. The first-order valence-electron chi connectivity index (χ1n) is 9.88. The fourth-order valence-electron chi connectivity index (χ4n) is 3.43. The third-order valence-corrected chi connectivity index (χ3v) is 4.81. The van der Waals surface area contributed by atoms with Gasteiger partial charge in [-0.15, -0.1) is 24.0 Å². The van der Waals surface area contributed by atoms with Crippen molar-refractivity contribution in [3.63, 3.8) is 0 Å². The van der Waals surface area contributed by atoms with Crippen molar-refractivity contribution in [3.05, 3.63) is 65.7 Å².